The second-order valence-corrected chi connectivity index (χ2v) is 12.4. The van der Waals surface area contributed by atoms with E-state index < -0.39 is 32.5 Å². The van der Waals surface area contributed by atoms with Crippen molar-refractivity contribution in [2.45, 2.75) is 168 Å². The Balaban J connectivity index is 4.02. The van der Waals surface area contributed by atoms with E-state index in [1.807, 2.05) is 0 Å². The van der Waals surface area contributed by atoms with Gasteiger partial charge < -0.3 is 19.3 Å². The van der Waals surface area contributed by atoms with Gasteiger partial charge in [-0.2, -0.15) is 0 Å². The first-order chi connectivity index (χ1) is 19.8. The molecule has 0 aliphatic heterocycles. The number of allylic oxidation sites excluding steroid dienone is 2. The van der Waals surface area contributed by atoms with Crippen molar-refractivity contribution in [3.05, 3.63) is 12.2 Å². The fourth-order valence-electron chi connectivity index (χ4n) is 4.54. The lowest BCUT2D eigenvalue weighted by Crippen LogP contribution is -2.29. The van der Waals surface area contributed by atoms with Gasteiger partial charge in [-0.15, -0.1) is 0 Å². The predicted octanol–water partition coefficient (Wildman–Crippen LogP) is 9.12. The van der Waals surface area contributed by atoms with E-state index in [9.17, 15) is 14.2 Å². The van der Waals surface area contributed by atoms with Crippen molar-refractivity contribution in [2.24, 2.45) is 0 Å². The van der Waals surface area contributed by atoms with E-state index in [-0.39, 0.29) is 19.4 Å². The van der Waals surface area contributed by atoms with Gasteiger partial charge in [-0.05, 0) is 38.5 Å². The molecule has 0 unspecified atom stereocenters. The molecule has 41 heavy (non-hydrogen) atoms. The maximum atomic E-state index is 12.3. The quantitative estimate of drug-likeness (QED) is 0.0360. The van der Waals surface area contributed by atoms with E-state index in [0.717, 1.165) is 51.4 Å². The lowest BCUT2D eigenvalue weighted by Gasteiger charge is -2.18. The Labute approximate surface area is 250 Å². The number of phosphoric ester groups is 1. The molecule has 0 saturated carbocycles. The van der Waals surface area contributed by atoms with Crippen LogP contribution in [0.2, 0.25) is 0 Å². The summed E-state index contributed by atoms with van der Waals surface area (Å²) in [6.45, 7) is 3.62. The van der Waals surface area contributed by atoms with E-state index in [1.165, 1.54) is 77.0 Å². The first kappa shape index (κ1) is 39.8. The zero-order valence-electron chi connectivity index (χ0n) is 26.2. The maximum absolute atomic E-state index is 12.3. The van der Waals surface area contributed by atoms with Crippen LogP contribution in [0.1, 0.15) is 162 Å². The van der Waals surface area contributed by atoms with Gasteiger partial charge in [-0.25, -0.2) is 4.57 Å². The molecule has 2 N–H and O–H groups in total. The number of ether oxygens (including phenoxy) is 2. The van der Waals surface area contributed by atoms with Gasteiger partial charge in [0.2, 0.25) is 0 Å². The number of esters is 2. The number of carbonyl (C=O) groups excluding carboxylic acids is 2. The van der Waals surface area contributed by atoms with Crippen LogP contribution in [0, 0.1) is 0 Å². The summed E-state index contributed by atoms with van der Waals surface area (Å²) in [5.74, 6) is -0.895. The Morgan fingerprint density at radius 3 is 1.49 bits per heavy atom. The molecule has 0 aliphatic rings. The average molecular weight is 605 g/mol. The summed E-state index contributed by atoms with van der Waals surface area (Å²) in [7, 11) is -4.74. The Morgan fingerprint density at radius 2 is 1.02 bits per heavy atom. The van der Waals surface area contributed by atoms with Crippen molar-refractivity contribution in [1.82, 2.24) is 0 Å². The van der Waals surface area contributed by atoms with Crippen molar-refractivity contribution in [1.29, 1.82) is 0 Å². The van der Waals surface area contributed by atoms with Crippen LogP contribution in [0.25, 0.3) is 0 Å². The minimum atomic E-state index is -4.74. The molecule has 0 aromatic rings. The van der Waals surface area contributed by atoms with Crippen LogP contribution in [-0.2, 0) is 28.2 Å². The lowest BCUT2D eigenvalue weighted by molar-refractivity contribution is -0.161. The van der Waals surface area contributed by atoms with Gasteiger partial charge in [-0.1, -0.05) is 122 Å². The van der Waals surface area contributed by atoms with E-state index in [0.29, 0.717) is 6.42 Å². The standard InChI is InChI=1S/C32H61O8P/c1-3-5-7-9-11-13-14-15-16-17-19-21-23-25-27-32(34)40-30(29-39-41(35,36)37)28-38-31(33)26-24-22-20-18-12-10-8-6-4-2/h14-15,30H,3-13,16-29H2,1-2H3,(H2,35,36,37)/b15-14-/t30-/m0/s1. The van der Waals surface area contributed by atoms with Gasteiger partial charge in [0.1, 0.15) is 6.61 Å². The van der Waals surface area contributed by atoms with E-state index in [1.54, 1.807) is 0 Å². The van der Waals surface area contributed by atoms with Crippen molar-refractivity contribution in [2.75, 3.05) is 13.2 Å². The third-order valence-electron chi connectivity index (χ3n) is 7.03. The fraction of sp³-hybridized carbons (Fsp3) is 0.875. The lowest BCUT2D eigenvalue weighted by atomic mass is 10.1. The molecule has 9 heteroatoms. The van der Waals surface area contributed by atoms with Crippen LogP contribution < -0.4 is 0 Å². The molecule has 0 heterocycles. The highest BCUT2D eigenvalue weighted by molar-refractivity contribution is 7.46. The number of carbonyl (C=O) groups is 2. The highest BCUT2D eigenvalue weighted by Gasteiger charge is 2.22. The Bertz CT molecular complexity index is 691. The minimum absolute atomic E-state index is 0.205. The minimum Gasteiger partial charge on any atom is -0.462 e. The number of phosphoric acid groups is 1. The average Bonchev–Trinajstić information content (AvgIpc) is 2.93. The number of unbranched alkanes of at least 4 members (excludes halogenated alkanes) is 18. The van der Waals surface area contributed by atoms with Crippen molar-refractivity contribution in [3.8, 4) is 0 Å². The van der Waals surface area contributed by atoms with E-state index in [4.69, 9.17) is 19.3 Å². The second-order valence-electron chi connectivity index (χ2n) is 11.1. The summed E-state index contributed by atoms with van der Waals surface area (Å²) in [5, 5.41) is 0. The van der Waals surface area contributed by atoms with Crippen molar-refractivity contribution < 1.29 is 37.9 Å². The van der Waals surface area contributed by atoms with Crippen LogP contribution >= 0.6 is 7.82 Å². The molecule has 0 radical (unpaired) electrons. The number of rotatable bonds is 30. The third-order valence-corrected chi connectivity index (χ3v) is 7.52. The molecule has 0 amide bonds. The largest absolute Gasteiger partial charge is 0.469 e. The predicted molar refractivity (Wildman–Crippen MR) is 166 cm³/mol. The number of hydrogen-bond acceptors (Lipinski definition) is 6. The second kappa shape index (κ2) is 28.9. The Morgan fingerprint density at radius 1 is 0.610 bits per heavy atom. The molecule has 0 bridgehead atoms. The highest BCUT2D eigenvalue weighted by Crippen LogP contribution is 2.35. The molecular formula is C32H61O8P. The Kier molecular flexibility index (Phi) is 28.0. The summed E-state index contributed by atoms with van der Waals surface area (Å²) in [6.07, 6.45) is 28.0. The monoisotopic (exact) mass is 604 g/mol. The molecule has 0 rings (SSSR count). The molecule has 0 aromatic heterocycles. The van der Waals surface area contributed by atoms with E-state index in [2.05, 4.69) is 30.5 Å². The third kappa shape index (κ3) is 31.6. The van der Waals surface area contributed by atoms with Crippen LogP contribution in [-0.4, -0.2) is 41.0 Å². The van der Waals surface area contributed by atoms with Crippen LogP contribution in [0.3, 0.4) is 0 Å². The normalized spacial score (nSPS) is 12.6. The van der Waals surface area contributed by atoms with E-state index >= 15 is 0 Å². The fourth-order valence-corrected chi connectivity index (χ4v) is 4.90. The smallest absolute Gasteiger partial charge is 0.462 e. The van der Waals surface area contributed by atoms with Gasteiger partial charge in [0, 0.05) is 12.8 Å². The zero-order valence-corrected chi connectivity index (χ0v) is 27.1. The Hall–Kier alpha value is -1.21. The van der Waals surface area contributed by atoms with Gasteiger partial charge in [0.25, 0.3) is 0 Å². The number of hydrogen-bond donors (Lipinski definition) is 2. The maximum Gasteiger partial charge on any atom is 0.469 e. The molecule has 242 valence electrons. The molecular weight excluding hydrogens is 543 g/mol. The molecule has 0 aliphatic carbocycles. The SMILES string of the molecule is CCCCCCC/C=C\CCCCCCCC(=O)O[C@@H](COC(=O)CCCCCCCCCCC)COP(=O)(O)O. The molecule has 0 spiro atoms. The summed E-state index contributed by atoms with van der Waals surface area (Å²) in [6, 6.07) is 0. The van der Waals surface area contributed by atoms with Crippen LogP contribution in [0.4, 0.5) is 0 Å². The van der Waals surface area contributed by atoms with Crippen molar-refractivity contribution >= 4 is 19.8 Å². The zero-order chi connectivity index (χ0) is 30.4. The van der Waals surface area contributed by atoms with Crippen LogP contribution in [0.5, 0.6) is 0 Å². The van der Waals surface area contributed by atoms with Gasteiger partial charge in [0.15, 0.2) is 6.10 Å². The molecule has 0 aromatic carbocycles. The van der Waals surface area contributed by atoms with Crippen molar-refractivity contribution in [3.63, 3.8) is 0 Å². The van der Waals surface area contributed by atoms with Gasteiger partial charge >= 0.3 is 19.8 Å². The summed E-state index contributed by atoms with van der Waals surface area (Å²) in [4.78, 5) is 42.4. The van der Waals surface area contributed by atoms with Gasteiger partial charge in [-0.3, -0.25) is 14.1 Å². The highest BCUT2D eigenvalue weighted by atomic mass is 31.2. The molecule has 0 saturated heterocycles. The van der Waals surface area contributed by atoms with Crippen LogP contribution in [0.15, 0.2) is 12.2 Å². The molecule has 1 atom stereocenters. The van der Waals surface area contributed by atoms with Gasteiger partial charge in [0.05, 0.1) is 6.61 Å². The summed E-state index contributed by atoms with van der Waals surface area (Å²) >= 11 is 0. The topological polar surface area (TPSA) is 119 Å². The summed E-state index contributed by atoms with van der Waals surface area (Å²) < 4.78 is 26.1. The molecule has 0 fully saturated rings. The first-order valence-electron chi connectivity index (χ1n) is 16.5. The first-order valence-corrected chi connectivity index (χ1v) is 18.0. The molecule has 8 nitrogen and oxygen atoms in total. The summed E-state index contributed by atoms with van der Waals surface area (Å²) in [5.41, 5.74) is 0.